The summed E-state index contributed by atoms with van der Waals surface area (Å²) in [6, 6.07) is 85.8. The summed E-state index contributed by atoms with van der Waals surface area (Å²) in [6.07, 6.45) is 0. The van der Waals surface area contributed by atoms with Gasteiger partial charge in [0.25, 0.3) is 0 Å². The van der Waals surface area contributed by atoms with E-state index in [2.05, 4.69) is 254 Å². The molecule has 0 amide bonds. The second kappa shape index (κ2) is 16.2. The van der Waals surface area contributed by atoms with Gasteiger partial charge < -0.3 is 9.80 Å². The van der Waals surface area contributed by atoms with Crippen molar-refractivity contribution in [2.24, 2.45) is 0 Å². The smallest absolute Gasteiger partial charge is 0.0540 e. The Hall–Kier alpha value is -8.28. The highest BCUT2D eigenvalue weighted by Gasteiger charge is 2.23. The molecule has 0 fully saturated rings. The van der Waals surface area contributed by atoms with Gasteiger partial charge in [0.15, 0.2) is 0 Å². The lowest BCUT2D eigenvalue weighted by Gasteiger charge is -2.30. The Kier molecular flexibility index (Phi) is 9.42. The van der Waals surface area contributed by atoms with Crippen LogP contribution in [0.25, 0.3) is 94.9 Å². The highest BCUT2D eigenvalue weighted by molar-refractivity contribution is 7.26. The number of aryl methyl sites for hydroxylation is 2. The number of benzene rings is 12. The van der Waals surface area contributed by atoms with Gasteiger partial charge in [-0.25, -0.2) is 0 Å². The lowest BCUT2D eigenvalue weighted by molar-refractivity contribution is 1.28. The van der Waals surface area contributed by atoms with Gasteiger partial charge in [0.1, 0.15) is 0 Å². The molecule has 14 rings (SSSR count). The number of thiophene rings is 2. The summed E-state index contributed by atoms with van der Waals surface area (Å²) in [5.41, 5.74) is 14.2. The summed E-state index contributed by atoms with van der Waals surface area (Å²) in [7, 11) is 0. The molecule has 2 nitrogen and oxygen atoms in total. The molecule has 14 aromatic rings. The van der Waals surface area contributed by atoms with Crippen LogP contribution < -0.4 is 9.80 Å². The van der Waals surface area contributed by atoms with Crippen LogP contribution in [-0.4, -0.2) is 0 Å². The zero-order chi connectivity index (χ0) is 46.5. The van der Waals surface area contributed by atoms with Crippen molar-refractivity contribution < 1.29 is 0 Å². The second-order valence-corrected chi connectivity index (χ2v) is 20.7. The summed E-state index contributed by atoms with van der Waals surface area (Å²) in [5.74, 6) is 0. The molecule has 2 heterocycles. The minimum absolute atomic E-state index is 1.12. The van der Waals surface area contributed by atoms with E-state index >= 15 is 0 Å². The molecular weight excluding hydrogens is 885 g/mol. The van der Waals surface area contributed by atoms with E-state index in [4.69, 9.17) is 0 Å². The predicted molar refractivity (Wildman–Crippen MR) is 306 cm³/mol. The SMILES string of the molecule is Cc1cccc(N(c2cccc(-c3cccc4c3sc3ccccc34)c2)c2ccc3ccc4c(N(c5cccc(C)c5)c5cccc(-c6cccc7c6sc6ccccc67)c5)ccc5ccc2c3c54)c1. The third-order valence-electron chi connectivity index (χ3n) is 14.3. The van der Waals surface area contributed by atoms with Crippen molar-refractivity contribution in [1.82, 2.24) is 0 Å². The van der Waals surface area contributed by atoms with Gasteiger partial charge in [-0.05, 0) is 142 Å². The van der Waals surface area contributed by atoms with E-state index in [1.807, 2.05) is 22.7 Å². The predicted octanol–water partition coefficient (Wildman–Crippen LogP) is 20.2. The Morgan fingerprint density at radius 3 is 1.14 bits per heavy atom. The maximum absolute atomic E-state index is 2.47. The Morgan fingerprint density at radius 1 is 0.300 bits per heavy atom. The van der Waals surface area contributed by atoms with Crippen LogP contribution in [0.1, 0.15) is 11.1 Å². The van der Waals surface area contributed by atoms with Crippen molar-refractivity contribution in [1.29, 1.82) is 0 Å². The Morgan fingerprint density at radius 2 is 0.686 bits per heavy atom. The molecular formula is C66H44N2S2. The Labute approximate surface area is 414 Å². The number of hydrogen-bond donors (Lipinski definition) is 0. The van der Waals surface area contributed by atoms with Crippen molar-refractivity contribution in [2.75, 3.05) is 9.80 Å². The van der Waals surface area contributed by atoms with Crippen LogP contribution in [0.2, 0.25) is 0 Å². The first-order valence-corrected chi connectivity index (χ1v) is 25.6. The Bertz CT molecular complexity index is 4090. The van der Waals surface area contributed by atoms with E-state index < -0.39 is 0 Å². The standard InChI is InChI=1S/C66H44N2S2/c1-41-13-7-17-47(37-41)67(49-19-9-15-45(39-49)51-23-11-25-55-53-21-3-5-27-61(53)69-65(51)55)59-35-31-43-30-34-58-60(36-32-44-29-33-57(59)63(43)64(44)58)68(48-18-8-14-42(2)38-48)50-20-10-16-46(40-50)52-24-12-26-56-54-22-4-6-28-62(54)70-66(52)56/h3-40H,1-2H3. The van der Waals surface area contributed by atoms with Gasteiger partial charge in [0.2, 0.25) is 0 Å². The van der Waals surface area contributed by atoms with Gasteiger partial charge >= 0.3 is 0 Å². The summed E-state index contributed by atoms with van der Waals surface area (Å²) >= 11 is 3.76. The van der Waals surface area contributed by atoms with Gasteiger partial charge in [-0.3, -0.25) is 0 Å². The molecule has 0 unspecified atom stereocenters. The van der Waals surface area contributed by atoms with E-state index in [0.717, 1.165) is 34.1 Å². The number of fused-ring (bicyclic) bond motifs is 6. The molecule has 0 aliphatic rings. The topological polar surface area (TPSA) is 6.48 Å². The molecule has 0 bridgehead atoms. The fourth-order valence-corrected chi connectivity index (χ4v) is 13.6. The summed E-state index contributed by atoms with van der Waals surface area (Å²) in [6.45, 7) is 4.37. The summed E-state index contributed by atoms with van der Waals surface area (Å²) in [5, 5.41) is 12.7. The molecule has 2 aromatic heterocycles. The zero-order valence-electron chi connectivity index (χ0n) is 38.7. The van der Waals surface area contributed by atoms with E-state index in [1.54, 1.807) is 0 Å². The molecule has 0 saturated heterocycles. The van der Waals surface area contributed by atoms with Crippen LogP contribution in [0.5, 0.6) is 0 Å². The van der Waals surface area contributed by atoms with Crippen molar-refractivity contribution >= 4 is 129 Å². The molecule has 0 radical (unpaired) electrons. The average Bonchev–Trinajstić information content (AvgIpc) is 3.98. The van der Waals surface area contributed by atoms with Crippen LogP contribution in [0.15, 0.2) is 231 Å². The fraction of sp³-hybridized carbons (Fsp3) is 0.0303. The van der Waals surface area contributed by atoms with Gasteiger partial charge in [-0.1, -0.05) is 158 Å². The first-order chi connectivity index (χ1) is 34.5. The molecule has 330 valence electrons. The lowest BCUT2D eigenvalue weighted by atomic mass is 9.91. The van der Waals surface area contributed by atoms with Crippen LogP contribution in [0, 0.1) is 13.8 Å². The van der Waals surface area contributed by atoms with Crippen LogP contribution in [0.4, 0.5) is 34.1 Å². The molecule has 0 spiro atoms. The quantitative estimate of drug-likeness (QED) is 0.140. The molecule has 0 atom stereocenters. The lowest BCUT2D eigenvalue weighted by Crippen LogP contribution is -2.12. The maximum atomic E-state index is 2.47. The fourth-order valence-electron chi connectivity index (χ4n) is 11.1. The third-order valence-corrected chi connectivity index (χ3v) is 16.7. The minimum atomic E-state index is 1.12. The minimum Gasteiger partial charge on any atom is -0.310 e. The first-order valence-electron chi connectivity index (χ1n) is 24.0. The van der Waals surface area contributed by atoms with Crippen LogP contribution in [-0.2, 0) is 0 Å². The van der Waals surface area contributed by atoms with Crippen molar-refractivity contribution in [3.63, 3.8) is 0 Å². The second-order valence-electron chi connectivity index (χ2n) is 18.6. The third kappa shape index (κ3) is 6.52. The van der Waals surface area contributed by atoms with E-state index in [-0.39, 0.29) is 0 Å². The van der Waals surface area contributed by atoms with Crippen LogP contribution in [0.3, 0.4) is 0 Å². The van der Waals surface area contributed by atoms with Gasteiger partial charge in [0, 0.05) is 73.9 Å². The van der Waals surface area contributed by atoms with Crippen molar-refractivity contribution in [3.05, 3.63) is 242 Å². The number of anilines is 6. The molecule has 0 aliphatic heterocycles. The van der Waals surface area contributed by atoms with E-state index in [0.29, 0.717) is 0 Å². The van der Waals surface area contributed by atoms with E-state index in [1.165, 1.54) is 106 Å². The summed E-state index contributed by atoms with van der Waals surface area (Å²) in [4.78, 5) is 4.94. The average molecular weight is 929 g/mol. The largest absolute Gasteiger partial charge is 0.310 e. The Balaban J connectivity index is 0.957. The van der Waals surface area contributed by atoms with E-state index in [9.17, 15) is 0 Å². The number of nitrogens with zero attached hydrogens (tertiary/aromatic N) is 2. The van der Waals surface area contributed by atoms with Gasteiger partial charge in [0.05, 0.1) is 11.4 Å². The molecule has 0 N–H and O–H groups in total. The highest BCUT2D eigenvalue weighted by Crippen LogP contribution is 2.49. The normalized spacial score (nSPS) is 11.9. The molecule has 4 heteroatoms. The number of hydrogen-bond acceptors (Lipinski definition) is 4. The summed E-state index contributed by atoms with van der Waals surface area (Å²) < 4.78 is 5.27. The first kappa shape index (κ1) is 40.8. The molecule has 12 aromatic carbocycles. The highest BCUT2D eigenvalue weighted by atomic mass is 32.1. The monoisotopic (exact) mass is 928 g/mol. The molecule has 0 aliphatic carbocycles. The zero-order valence-corrected chi connectivity index (χ0v) is 40.3. The molecule has 70 heavy (non-hydrogen) atoms. The van der Waals surface area contributed by atoms with Crippen molar-refractivity contribution in [2.45, 2.75) is 13.8 Å². The van der Waals surface area contributed by atoms with Crippen molar-refractivity contribution in [3.8, 4) is 22.3 Å². The van der Waals surface area contributed by atoms with Gasteiger partial charge in [-0.15, -0.1) is 22.7 Å². The molecule has 0 saturated carbocycles. The van der Waals surface area contributed by atoms with Gasteiger partial charge in [-0.2, -0.15) is 0 Å². The van der Waals surface area contributed by atoms with Crippen LogP contribution >= 0.6 is 22.7 Å². The number of rotatable bonds is 8. The maximum Gasteiger partial charge on any atom is 0.0540 e.